The van der Waals surface area contributed by atoms with Gasteiger partial charge in [-0.3, -0.25) is 4.98 Å². The summed E-state index contributed by atoms with van der Waals surface area (Å²) in [7, 11) is 0. The lowest BCUT2D eigenvalue weighted by Crippen LogP contribution is -2.02. The highest BCUT2D eigenvalue weighted by atomic mass is 16.3. The van der Waals surface area contributed by atoms with Gasteiger partial charge in [-0.25, -0.2) is 9.97 Å². The maximum Gasteiger partial charge on any atom is 0.121 e. The minimum atomic E-state index is -0.751. The number of rotatable bonds is 2. The Labute approximate surface area is 104 Å². The van der Waals surface area contributed by atoms with Crippen molar-refractivity contribution in [2.75, 3.05) is 0 Å². The van der Waals surface area contributed by atoms with E-state index in [0.717, 1.165) is 16.5 Å². The minimum absolute atomic E-state index is 0.584. The number of hydrogen-bond acceptors (Lipinski definition) is 4. The van der Waals surface area contributed by atoms with Crippen molar-refractivity contribution in [3.8, 4) is 0 Å². The molecule has 0 aliphatic carbocycles. The molecule has 0 amide bonds. The van der Waals surface area contributed by atoms with Crippen LogP contribution in [0.25, 0.3) is 10.9 Å². The van der Waals surface area contributed by atoms with Crippen molar-refractivity contribution in [1.82, 2.24) is 15.0 Å². The number of pyridine rings is 1. The lowest BCUT2D eigenvalue weighted by atomic mass is 10.0. The number of aliphatic hydroxyl groups is 1. The maximum absolute atomic E-state index is 10.2. The van der Waals surface area contributed by atoms with Crippen LogP contribution in [0.5, 0.6) is 0 Å². The first-order chi connectivity index (χ1) is 8.84. The van der Waals surface area contributed by atoms with E-state index in [2.05, 4.69) is 15.0 Å². The summed E-state index contributed by atoms with van der Waals surface area (Å²) >= 11 is 0. The van der Waals surface area contributed by atoms with Gasteiger partial charge in [0.2, 0.25) is 0 Å². The molecule has 0 saturated heterocycles. The lowest BCUT2D eigenvalue weighted by Gasteiger charge is -2.10. The third kappa shape index (κ3) is 1.94. The van der Waals surface area contributed by atoms with E-state index >= 15 is 0 Å². The fourth-order valence-corrected chi connectivity index (χ4v) is 1.89. The zero-order valence-electron chi connectivity index (χ0n) is 9.56. The molecule has 1 N–H and O–H groups in total. The molecule has 3 rings (SSSR count). The zero-order valence-corrected chi connectivity index (χ0v) is 9.56. The van der Waals surface area contributed by atoms with Crippen LogP contribution in [0.4, 0.5) is 0 Å². The molecule has 4 heteroatoms. The Morgan fingerprint density at radius 3 is 2.78 bits per heavy atom. The molecule has 18 heavy (non-hydrogen) atoms. The Bertz CT molecular complexity index is 670. The third-order valence-corrected chi connectivity index (χ3v) is 2.83. The normalized spacial score (nSPS) is 12.5. The SMILES string of the molecule is OC(c1ccc2cccnc2c1)c1ccncn1. The van der Waals surface area contributed by atoms with E-state index in [1.807, 2.05) is 30.3 Å². The van der Waals surface area contributed by atoms with Crippen LogP contribution >= 0.6 is 0 Å². The van der Waals surface area contributed by atoms with Gasteiger partial charge in [0, 0.05) is 17.8 Å². The number of benzene rings is 1. The van der Waals surface area contributed by atoms with Gasteiger partial charge in [0.1, 0.15) is 12.4 Å². The van der Waals surface area contributed by atoms with Gasteiger partial charge in [0.25, 0.3) is 0 Å². The Morgan fingerprint density at radius 2 is 1.94 bits per heavy atom. The Balaban J connectivity index is 2.04. The molecule has 1 aromatic carbocycles. The fourth-order valence-electron chi connectivity index (χ4n) is 1.89. The Kier molecular flexibility index (Phi) is 2.70. The molecule has 0 saturated carbocycles. The van der Waals surface area contributed by atoms with E-state index < -0.39 is 6.10 Å². The first-order valence-electron chi connectivity index (χ1n) is 5.63. The monoisotopic (exact) mass is 237 g/mol. The van der Waals surface area contributed by atoms with Crippen molar-refractivity contribution in [1.29, 1.82) is 0 Å². The molecule has 0 aliphatic heterocycles. The minimum Gasteiger partial charge on any atom is -0.382 e. The number of aliphatic hydroxyl groups excluding tert-OH is 1. The second-order valence-corrected chi connectivity index (χ2v) is 3.99. The molecule has 0 aliphatic rings. The van der Waals surface area contributed by atoms with Crippen molar-refractivity contribution in [3.63, 3.8) is 0 Å². The number of nitrogens with zero attached hydrogens (tertiary/aromatic N) is 3. The van der Waals surface area contributed by atoms with Gasteiger partial charge >= 0.3 is 0 Å². The van der Waals surface area contributed by atoms with Crippen molar-refractivity contribution in [2.24, 2.45) is 0 Å². The van der Waals surface area contributed by atoms with Crippen LogP contribution < -0.4 is 0 Å². The van der Waals surface area contributed by atoms with Gasteiger partial charge in [-0.2, -0.15) is 0 Å². The zero-order chi connectivity index (χ0) is 12.4. The molecular formula is C14H11N3O. The van der Waals surface area contributed by atoms with Crippen LogP contribution in [0.15, 0.2) is 55.1 Å². The van der Waals surface area contributed by atoms with Gasteiger partial charge in [-0.15, -0.1) is 0 Å². The summed E-state index contributed by atoms with van der Waals surface area (Å²) < 4.78 is 0. The molecule has 0 spiro atoms. The van der Waals surface area contributed by atoms with Crippen LogP contribution in [-0.4, -0.2) is 20.1 Å². The predicted molar refractivity (Wildman–Crippen MR) is 67.8 cm³/mol. The molecule has 0 fully saturated rings. The summed E-state index contributed by atoms with van der Waals surface area (Å²) in [5.74, 6) is 0. The van der Waals surface area contributed by atoms with Crippen molar-refractivity contribution in [2.45, 2.75) is 6.10 Å². The van der Waals surface area contributed by atoms with Crippen molar-refractivity contribution >= 4 is 10.9 Å². The van der Waals surface area contributed by atoms with Crippen LogP contribution in [-0.2, 0) is 0 Å². The highest BCUT2D eigenvalue weighted by molar-refractivity contribution is 5.79. The van der Waals surface area contributed by atoms with E-state index in [9.17, 15) is 5.11 Å². The average molecular weight is 237 g/mol. The van der Waals surface area contributed by atoms with Gasteiger partial charge in [-0.05, 0) is 23.8 Å². The molecular weight excluding hydrogens is 226 g/mol. The fraction of sp³-hybridized carbons (Fsp3) is 0.0714. The number of aromatic nitrogens is 3. The molecule has 2 heterocycles. The maximum atomic E-state index is 10.2. The quantitative estimate of drug-likeness (QED) is 0.741. The van der Waals surface area contributed by atoms with E-state index in [-0.39, 0.29) is 0 Å². The first kappa shape index (κ1) is 10.8. The molecule has 88 valence electrons. The largest absolute Gasteiger partial charge is 0.382 e. The summed E-state index contributed by atoms with van der Waals surface area (Å²) in [5, 5.41) is 11.3. The molecule has 3 aromatic rings. The van der Waals surface area contributed by atoms with Crippen molar-refractivity contribution in [3.05, 3.63) is 66.4 Å². The van der Waals surface area contributed by atoms with E-state index in [1.54, 1.807) is 18.5 Å². The second kappa shape index (κ2) is 4.50. The summed E-state index contributed by atoms with van der Waals surface area (Å²) in [6.45, 7) is 0. The van der Waals surface area contributed by atoms with E-state index in [4.69, 9.17) is 0 Å². The lowest BCUT2D eigenvalue weighted by molar-refractivity contribution is 0.215. The molecule has 1 atom stereocenters. The predicted octanol–water partition coefficient (Wildman–Crippen LogP) is 2.11. The van der Waals surface area contributed by atoms with Crippen LogP contribution in [0, 0.1) is 0 Å². The summed E-state index contributed by atoms with van der Waals surface area (Å²) in [6, 6.07) is 11.3. The standard InChI is InChI=1S/C14H11N3O/c18-14(12-5-7-15-9-17-12)11-4-3-10-2-1-6-16-13(10)8-11/h1-9,14,18H. The summed E-state index contributed by atoms with van der Waals surface area (Å²) in [6.07, 6.45) is 4.03. The van der Waals surface area contributed by atoms with Gasteiger partial charge in [0.05, 0.1) is 11.2 Å². The first-order valence-corrected chi connectivity index (χ1v) is 5.63. The summed E-state index contributed by atoms with van der Waals surface area (Å²) in [4.78, 5) is 12.2. The highest BCUT2D eigenvalue weighted by Crippen LogP contribution is 2.22. The highest BCUT2D eigenvalue weighted by Gasteiger charge is 2.11. The van der Waals surface area contributed by atoms with E-state index in [0.29, 0.717) is 5.69 Å². The van der Waals surface area contributed by atoms with Crippen LogP contribution in [0.2, 0.25) is 0 Å². The number of fused-ring (bicyclic) bond motifs is 1. The molecule has 1 unspecified atom stereocenters. The number of hydrogen-bond donors (Lipinski definition) is 1. The molecule has 0 radical (unpaired) electrons. The second-order valence-electron chi connectivity index (χ2n) is 3.99. The van der Waals surface area contributed by atoms with Crippen LogP contribution in [0.1, 0.15) is 17.4 Å². The molecule has 2 aromatic heterocycles. The molecule has 4 nitrogen and oxygen atoms in total. The van der Waals surface area contributed by atoms with Crippen LogP contribution in [0.3, 0.4) is 0 Å². The molecule has 0 bridgehead atoms. The van der Waals surface area contributed by atoms with E-state index in [1.165, 1.54) is 6.33 Å². The summed E-state index contributed by atoms with van der Waals surface area (Å²) in [5.41, 5.74) is 2.23. The van der Waals surface area contributed by atoms with Gasteiger partial charge in [-0.1, -0.05) is 18.2 Å². The average Bonchev–Trinajstić information content (AvgIpc) is 2.47. The Hall–Kier alpha value is -2.33. The van der Waals surface area contributed by atoms with Gasteiger partial charge < -0.3 is 5.11 Å². The smallest absolute Gasteiger partial charge is 0.121 e. The van der Waals surface area contributed by atoms with Crippen molar-refractivity contribution < 1.29 is 5.11 Å². The Morgan fingerprint density at radius 1 is 1.00 bits per heavy atom. The third-order valence-electron chi connectivity index (χ3n) is 2.83. The van der Waals surface area contributed by atoms with Gasteiger partial charge in [0.15, 0.2) is 0 Å². The topological polar surface area (TPSA) is 58.9 Å².